The van der Waals surface area contributed by atoms with E-state index in [9.17, 15) is 4.79 Å². The Morgan fingerprint density at radius 3 is 2.12 bits per heavy atom. The van der Waals surface area contributed by atoms with Crippen LogP contribution in [0.5, 0.6) is 0 Å². The van der Waals surface area contributed by atoms with Crippen LogP contribution in [-0.2, 0) is 22.4 Å². The van der Waals surface area contributed by atoms with Crippen LogP contribution in [0.1, 0.15) is 24.0 Å². The monoisotopic (exact) mass is 321 g/mol. The summed E-state index contributed by atoms with van der Waals surface area (Å²) in [5, 5.41) is 0. The molecule has 0 N–H and O–H groups in total. The summed E-state index contributed by atoms with van der Waals surface area (Å²) < 4.78 is 6.14. The minimum atomic E-state index is -0.0980. The standard InChI is InChI=1S/C21H23NO2/c23-19-11-14-24-20-21(12-13-22(19)20,15-17-7-3-1-4-8-17)16-18-9-5-2-6-10-18/h1-10,20H,11-16H2. The van der Waals surface area contributed by atoms with Gasteiger partial charge < -0.3 is 9.64 Å². The third kappa shape index (κ3) is 2.84. The smallest absolute Gasteiger partial charge is 0.226 e. The van der Waals surface area contributed by atoms with Gasteiger partial charge in [-0.15, -0.1) is 0 Å². The maximum atomic E-state index is 12.3. The molecule has 1 unspecified atom stereocenters. The molecule has 2 heterocycles. The zero-order valence-corrected chi connectivity index (χ0v) is 13.9. The molecule has 124 valence electrons. The molecule has 3 nitrogen and oxygen atoms in total. The maximum Gasteiger partial charge on any atom is 0.226 e. The number of carbonyl (C=O) groups excluding carboxylic acids is 1. The number of ether oxygens (including phenoxy) is 1. The summed E-state index contributed by atoms with van der Waals surface area (Å²) in [5.74, 6) is 0.245. The second-order valence-corrected chi connectivity index (χ2v) is 7.00. The summed E-state index contributed by atoms with van der Waals surface area (Å²) >= 11 is 0. The summed E-state index contributed by atoms with van der Waals surface area (Å²) in [6.07, 6.45) is 3.30. The van der Waals surface area contributed by atoms with E-state index in [2.05, 4.69) is 60.7 Å². The fourth-order valence-corrected chi connectivity index (χ4v) is 4.26. The van der Waals surface area contributed by atoms with E-state index < -0.39 is 0 Å². The lowest BCUT2D eigenvalue weighted by Crippen LogP contribution is -2.50. The lowest BCUT2D eigenvalue weighted by atomic mass is 9.74. The van der Waals surface area contributed by atoms with Gasteiger partial charge in [0.25, 0.3) is 0 Å². The van der Waals surface area contributed by atoms with Crippen molar-refractivity contribution >= 4 is 5.91 Å². The maximum absolute atomic E-state index is 12.3. The van der Waals surface area contributed by atoms with E-state index >= 15 is 0 Å². The minimum absolute atomic E-state index is 0.0429. The zero-order valence-electron chi connectivity index (χ0n) is 13.9. The number of benzene rings is 2. The predicted octanol–water partition coefficient (Wildman–Crippen LogP) is 3.44. The van der Waals surface area contributed by atoms with Gasteiger partial charge in [0.15, 0.2) is 0 Å². The number of carbonyl (C=O) groups is 1. The first-order valence-corrected chi connectivity index (χ1v) is 8.76. The van der Waals surface area contributed by atoms with Gasteiger partial charge in [0.1, 0.15) is 6.23 Å². The lowest BCUT2D eigenvalue weighted by molar-refractivity contribution is -0.166. The van der Waals surface area contributed by atoms with Crippen LogP contribution < -0.4 is 0 Å². The lowest BCUT2D eigenvalue weighted by Gasteiger charge is -2.40. The Hall–Kier alpha value is -2.13. The van der Waals surface area contributed by atoms with Crippen LogP contribution in [-0.4, -0.2) is 30.2 Å². The highest BCUT2D eigenvalue weighted by Gasteiger charge is 2.51. The van der Waals surface area contributed by atoms with Gasteiger partial charge in [0.2, 0.25) is 5.91 Å². The van der Waals surface area contributed by atoms with Crippen molar-refractivity contribution in [3.05, 3.63) is 71.8 Å². The second-order valence-electron chi connectivity index (χ2n) is 7.00. The SMILES string of the molecule is O=C1CCOC2N1CCC2(Cc1ccccc1)Cc1ccccc1. The Kier molecular flexibility index (Phi) is 4.11. The van der Waals surface area contributed by atoms with Gasteiger partial charge in [0.05, 0.1) is 13.0 Å². The summed E-state index contributed by atoms with van der Waals surface area (Å²) in [7, 11) is 0. The van der Waals surface area contributed by atoms with Crippen LogP contribution in [0.3, 0.4) is 0 Å². The third-order valence-electron chi connectivity index (χ3n) is 5.37. The number of fused-ring (bicyclic) bond motifs is 1. The van der Waals surface area contributed by atoms with Crippen LogP contribution in [0.15, 0.2) is 60.7 Å². The van der Waals surface area contributed by atoms with Gasteiger partial charge in [-0.3, -0.25) is 4.79 Å². The van der Waals surface area contributed by atoms with Crippen molar-refractivity contribution in [1.82, 2.24) is 4.90 Å². The highest BCUT2D eigenvalue weighted by molar-refractivity contribution is 5.77. The van der Waals surface area contributed by atoms with Crippen molar-refractivity contribution in [2.75, 3.05) is 13.2 Å². The van der Waals surface area contributed by atoms with Gasteiger partial charge in [-0.05, 0) is 30.4 Å². The molecule has 0 saturated carbocycles. The van der Waals surface area contributed by atoms with E-state index in [1.807, 2.05) is 4.90 Å². The van der Waals surface area contributed by atoms with Crippen molar-refractivity contribution in [3.63, 3.8) is 0 Å². The molecule has 2 aromatic carbocycles. The molecule has 2 aliphatic heterocycles. The number of rotatable bonds is 4. The summed E-state index contributed by atoms with van der Waals surface area (Å²) in [6.45, 7) is 1.36. The Bertz CT molecular complexity index is 657. The van der Waals surface area contributed by atoms with Gasteiger partial charge in [-0.25, -0.2) is 0 Å². The summed E-state index contributed by atoms with van der Waals surface area (Å²) in [6, 6.07) is 21.2. The molecule has 0 radical (unpaired) electrons. The first-order chi connectivity index (χ1) is 11.8. The molecule has 0 spiro atoms. The van der Waals surface area contributed by atoms with E-state index in [0.717, 1.165) is 25.8 Å². The average Bonchev–Trinajstić information content (AvgIpc) is 2.96. The highest BCUT2D eigenvalue weighted by atomic mass is 16.5. The molecule has 2 aliphatic rings. The Labute approximate surface area is 143 Å². The molecule has 0 aromatic heterocycles. The second kappa shape index (κ2) is 6.40. The highest BCUT2D eigenvalue weighted by Crippen LogP contribution is 2.45. The molecule has 24 heavy (non-hydrogen) atoms. The van der Waals surface area contributed by atoms with Crippen LogP contribution in [0, 0.1) is 5.41 Å². The van der Waals surface area contributed by atoms with Crippen LogP contribution in [0.4, 0.5) is 0 Å². The first-order valence-electron chi connectivity index (χ1n) is 8.76. The largest absolute Gasteiger partial charge is 0.357 e. The van der Waals surface area contributed by atoms with Crippen LogP contribution >= 0.6 is 0 Å². The molecular formula is C21H23NO2. The van der Waals surface area contributed by atoms with Gasteiger partial charge >= 0.3 is 0 Å². The van der Waals surface area contributed by atoms with E-state index in [0.29, 0.717) is 13.0 Å². The van der Waals surface area contributed by atoms with Crippen molar-refractivity contribution in [3.8, 4) is 0 Å². The third-order valence-corrected chi connectivity index (χ3v) is 5.37. The van der Waals surface area contributed by atoms with E-state index in [1.165, 1.54) is 11.1 Å². The topological polar surface area (TPSA) is 29.5 Å². The summed E-state index contributed by atoms with van der Waals surface area (Å²) in [5.41, 5.74) is 2.59. The van der Waals surface area contributed by atoms with Crippen molar-refractivity contribution in [2.24, 2.45) is 5.41 Å². The molecule has 1 atom stereocenters. The van der Waals surface area contributed by atoms with Gasteiger partial charge in [-0.2, -0.15) is 0 Å². The summed E-state index contributed by atoms with van der Waals surface area (Å²) in [4.78, 5) is 14.3. The normalized spacial score (nSPS) is 22.4. The quantitative estimate of drug-likeness (QED) is 0.863. The molecular weight excluding hydrogens is 298 g/mol. The fraction of sp³-hybridized carbons (Fsp3) is 0.381. The molecule has 1 amide bonds. The fourth-order valence-electron chi connectivity index (χ4n) is 4.26. The number of nitrogens with zero attached hydrogens (tertiary/aromatic N) is 1. The minimum Gasteiger partial charge on any atom is -0.357 e. The Morgan fingerprint density at radius 1 is 0.958 bits per heavy atom. The molecule has 2 aromatic rings. The van der Waals surface area contributed by atoms with Crippen LogP contribution in [0.25, 0.3) is 0 Å². The molecule has 4 rings (SSSR count). The Balaban J connectivity index is 1.68. The van der Waals surface area contributed by atoms with E-state index in [4.69, 9.17) is 4.74 Å². The molecule has 0 aliphatic carbocycles. The molecule has 2 saturated heterocycles. The molecule has 2 fully saturated rings. The zero-order chi connectivity index (χ0) is 16.4. The van der Waals surface area contributed by atoms with Gasteiger partial charge in [-0.1, -0.05) is 60.7 Å². The van der Waals surface area contributed by atoms with Gasteiger partial charge in [0, 0.05) is 12.0 Å². The van der Waals surface area contributed by atoms with Crippen molar-refractivity contribution < 1.29 is 9.53 Å². The number of hydrogen-bond acceptors (Lipinski definition) is 2. The predicted molar refractivity (Wildman–Crippen MR) is 93.4 cm³/mol. The van der Waals surface area contributed by atoms with Crippen LogP contribution in [0.2, 0.25) is 0 Å². The van der Waals surface area contributed by atoms with Crippen molar-refractivity contribution in [2.45, 2.75) is 31.9 Å². The number of hydrogen-bond donors (Lipinski definition) is 0. The molecule has 0 bridgehead atoms. The average molecular weight is 321 g/mol. The van der Waals surface area contributed by atoms with E-state index in [1.54, 1.807) is 0 Å². The Morgan fingerprint density at radius 2 is 1.54 bits per heavy atom. The number of amides is 1. The van der Waals surface area contributed by atoms with Crippen molar-refractivity contribution in [1.29, 1.82) is 0 Å². The van der Waals surface area contributed by atoms with E-state index in [-0.39, 0.29) is 17.6 Å². The first kappa shape index (κ1) is 15.4. The molecule has 3 heteroatoms.